The van der Waals surface area contributed by atoms with E-state index in [1.807, 2.05) is 4.98 Å². The molecule has 0 saturated carbocycles. The molecular weight excluding hydrogens is 257 g/mol. The number of pyridine rings is 1. The van der Waals surface area contributed by atoms with Gasteiger partial charge < -0.3 is 20.2 Å². The van der Waals surface area contributed by atoms with Crippen LogP contribution in [0, 0.1) is 0 Å². The van der Waals surface area contributed by atoms with Gasteiger partial charge in [-0.1, -0.05) is 0 Å². The number of methoxy groups -OCH3 is 1. The molecule has 0 aliphatic heterocycles. The van der Waals surface area contributed by atoms with Crippen LogP contribution in [0.15, 0.2) is 10.9 Å². The van der Waals surface area contributed by atoms with Gasteiger partial charge in [0, 0.05) is 12.6 Å². The maximum absolute atomic E-state index is 12.1. The number of nitrogens with one attached hydrogen (secondary N) is 1. The first-order valence-electron chi connectivity index (χ1n) is 4.58. The Balaban J connectivity index is 3.32. The normalized spacial score (nSPS) is 11.2. The molecule has 0 spiro atoms. The fraction of sp³-hybridized carbons (Fsp3) is 0.333. The largest absolute Gasteiger partial charge is 0.573 e. The van der Waals surface area contributed by atoms with E-state index in [2.05, 4.69) is 9.47 Å². The summed E-state index contributed by atoms with van der Waals surface area (Å²) in [6.07, 6.45) is -4.99. The summed E-state index contributed by atoms with van der Waals surface area (Å²) in [5, 5.41) is 0. The van der Waals surface area contributed by atoms with E-state index in [1.165, 1.54) is 0 Å². The highest BCUT2D eigenvalue weighted by molar-refractivity contribution is 5.87. The first-order valence-corrected chi connectivity index (χ1v) is 4.58. The van der Waals surface area contributed by atoms with Crippen molar-refractivity contribution in [1.29, 1.82) is 0 Å². The van der Waals surface area contributed by atoms with E-state index in [4.69, 9.17) is 5.73 Å². The summed E-state index contributed by atoms with van der Waals surface area (Å²) >= 11 is 0. The quantitative estimate of drug-likeness (QED) is 0.778. The Labute approximate surface area is 98.5 Å². The van der Waals surface area contributed by atoms with Gasteiger partial charge in [-0.05, 0) is 0 Å². The lowest BCUT2D eigenvalue weighted by Crippen LogP contribution is -2.25. The molecular formula is C9H9F3N2O4. The molecule has 0 radical (unpaired) electrons. The Hall–Kier alpha value is -2.03. The molecule has 0 amide bonds. The second kappa shape index (κ2) is 5.08. The third-order valence-corrected chi connectivity index (χ3v) is 1.93. The predicted octanol–water partition coefficient (Wildman–Crippen LogP) is 0.519. The second-order valence-corrected chi connectivity index (χ2v) is 3.10. The van der Waals surface area contributed by atoms with Gasteiger partial charge in [0.1, 0.15) is 11.4 Å². The van der Waals surface area contributed by atoms with Gasteiger partial charge >= 0.3 is 12.3 Å². The first kappa shape index (κ1) is 14.0. The Kier molecular flexibility index (Phi) is 3.96. The summed E-state index contributed by atoms with van der Waals surface area (Å²) in [4.78, 5) is 24.6. The molecule has 1 heterocycles. The number of carbonyl (C=O) groups excluding carboxylic acids is 1. The summed E-state index contributed by atoms with van der Waals surface area (Å²) in [5.74, 6) is -1.82. The zero-order valence-corrected chi connectivity index (χ0v) is 9.13. The van der Waals surface area contributed by atoms with Crippen molar-refractivity contribution in [3.05, 3.63) is 27.7 Å². The zero-order valence-electron chi connectivity index (χ0n) is 9.13. The number of aromatic nitrogens is 1. The van der Waals surface area contributed by atoms with Gasteiger partial charge in [-0.25, -0.2) is 4.79 Å². The number of rotatable bonds is 3. The molecule has 0 saturated heterocycles. The van der Waals surface area contributed by atoms with E-state index in [0.29, 0.717) is 6.07 Å². The van der Waals surface area contributed by atoms with Gasteiger partial charge in [0.2, 0.25) is 0 Å². The van der Waals surface area contributed by atoms with Gasteiger partial charge in [-0.3, -0.25) is 4.79 Å². The smallest absolute Gasteiger partial charge is 0.464 e. The number of H-pyrrole nitrogens is 1. The van der Waals surface area contributed by atoms with Crippen molar-refractivity contribution in [2.75, 3.05) is 7.11 Å². The maximum Gasteiger partial charge on any atom is 0.573 e. The zero-order chi connectivity index (χ0) is 13.9. The highest BCUT2D eigenvalue weighted by Gasteiger charge is 2.33. The molecule has 0 atom stereocenters. The highest BCUT2D eigenvalue weighted by Crippen LogP contribution is 2.24. The molecule has 100 valence electrons. The molecule has 1 aromatic heterocycles. The molecule has 0 unspecified atom stereocenters. The number of hydrogen-bond donors (Lipinski definition) is 2. The van der Waals surface area contributed by atoms with Crippen LogP contribution >= 0.6 is 0 Å². The topological polar surface area (TPSA) is 94.4 Å². The number of halogens is 3. The molecule has 0 bridgehead atoms. The van der Waals surface area contributed by atoms with Crippen molar-refractivity contribution < 1.29 is 27.4 Å². The average Bonchev–Trinajstić information content (AvgIpc) is 2.25. The summed E-state index contributed by atoms with van der Waals surface area (Å²) in [5.41, 5.74) is 3.32. The van der Waals surface area contributed by atoms with Crippen LogP contribution in [0.25, 0.3) is 0 Å². The number of carbonyl (C=O) groups is 1. The fourth-order valence-corrected chi connectivity index (χ4v) is 1.19. The predicted molar refractivity (Wildman–Crippen MR) is 53.0 cm³/mol. The molecule has 6 nitrogen and oxygen atoms in total. The van der Waals surface area contributed by atoms with Gasteiger partial charge in [0.15, 0.2) is 0 Å². The van der Waals surface area contributed by atoms with Crippen molar-refractivity contribution in [3.63, 3.8) is 0 Å². The van der Waals surface area contributed by atoms with E-state index in [-0.39, 0.29) is 0 Å². The number of nitrogens with two attached hydrogens (primary N) is 1. The molecule has 1 aromatic rings. The van der Waals surface area contributed by atoms with E-state index in [1.54, 1.807) is 0 Å². The standard InChI is InChI=1S/C9H9F3N2O4/c1-17-8(16)5-2-6(18-9(10,11)12)4(3-13)7(15)14-5/h2H,3,13H2,1H3,(H,14,15). The molecule has 0 aromatic carbocycles. The van der Waals surface area contributed by atoms with E-state index >= 15 is 0 Å². The van der Waals surface area contributed by atoms with Gasteiger partial charge in [-0.2, -0.15) is 0 Å². The number of aromatic amines is 1. The SMILES string of the molecule is COC(=O)c1cc(OC(F)(F)F)c(CN)c(=O)[nH]1. The van der Waals surface area contributed by atoms with Crippen molar-refractivity contribution in [3.8, 4) is 5.75 Å². The first-order chi connectivity index (χ1) is 8.28. The fourth-order valence-electron chi connectivity index (χ4n) is 1.19. The number of esters is 1. The average molecular weight is 266 g/mol. The van der Waals surface area contributed by atoms with Crippen molar-refractivity contribution in [1.82, 2.24) is 4.98 Å². The molecule has 0 aliphatic rings. The van der Waals surface area contributed by atoms with Crippen molar-refractivity contribution in [2.24, 2.45) is 5.73 Å². The second-order valence-electron chi connectivity index (χ2n) is 3.10. The number of ether oxygens (including phenoxy) is 2. The molecule has 18 heavy (non-hydrogen) atoms. The summed E-state index contributed by atoms with van der Waals surface area (Å²) in [7, 11) is 1.02. The Bertz CT molecular complexity index is 510. The molecule has 0 aliphatic carbocycles. The van der Waals surface area contributed by atoms with E-state index in [9.17, 15) is 22.8 Å². The van der Waals surface area contributed by atoms with E-state index in [0.717, 1.165) is 7.11 Å². The Morgan fingerprint density at radius 2 is 2.11 bits per heavy atom. The third kappa shape index (κ3) is 3.23. The minimum Gasteiger partial charge on any atom is -0.464 e. The lowest BCUT2D eigenvalue weighted by atomic mass is 10.2. The Morgan fingerprint density at radius 1 is 1.50 bits per heavy atom. The lowest BCUT2D eigenvalue weighted by molar-refractivity contribution is -0.275. The lowest BCUT2D eigenvalue weighted by Gasteiger charge is -2.12. The van der Waals surface area contributed by atoms with Crippen molar-refractivity contribution >= 4 is 5.97 Å². The van der Waals surface area contributed by atoms with Crippen LogP contribution in [0.3, 0.4) is 0 Å². The number of alkyl halides is 3. The molecule has 0 fully saturated rings. The molecule has 9 heteroatoms. The van der Waals surface area contributed by atoms with Crippen LogP contribution in [0.1, 0.15) is 16.1 Å². The van der Waals surface area contributed by atoms with Gasteiger partial charge in [0.25, 0.3) is 5.56 Å². The van der Waals surface area contributed by atoms with Crippen molar-refractivity contribution in [2.45, 2.75) is 12.9 Å². The highest BCUT2D eigenvalue weighted by atomic mass is 19.4. The summed E-state index contributed by atoms with van der Waals surface area (Å²) in [6.45, 7) is -0.470. The Morgan fingerprint density at radius 3 is 2.56 bits per heavy atom. The van der Waals surface area contributed by atoms with Crippen LogP contribution in [0.2, 0.25) is 0 Å². The van der Waals surface area contributed by atoms with Crippen LogP contribution in [-0.2, 0) is 11.3 Å². The minimum atomic E-state index is -4.99. The van der Waals surface area contributed by atoms with Gasteiger partial charge in [0.05, 0.1) is 12.7 Å². The van der Waals surface area contributed by atoms with Gasteiger partial charge in [-0.15, -0.1) is 13.2 Å². The molecule has 1 rings (SSSR count). The van der Waals surface area contributed by atoms with Crippen LogP contribution in [0.4, 0.5) is 13.2 Å². The summed E-state index contributed by atoms with van der Waals surface area (Å²) in [6, 6.07) is 0.711. The van der Waals surface area contributed by atoms with E-state index < -0.39 is 41.4 Å². The number of hydrogen-bond acceptors (Lipinski definition) is 5. The monoisotopic (exact) mass is 266 g/mol. The van der Waals surface area contributed by atoms with Crippen LogP contribution in [-0.4, -0.2) is 24.4 Å². The summed E-state index contributed by atoms with van der Waals surface area (Å²) < 4.78 is 44.2. The minimum absolute atomic E-state index is 0.417. The van der Waals surface area contributed by atoms with Crippen LogP contribution < -0.4 is 16.0 Å². The molecule has 3 N–H and O–H groups in total. The van der Waals surface area contributed by atoms with Crippen LogP contribution in [0.5, 0.6) is 5.75 Å². The third-order valence-electron chi connectivity index (χ3n) is 1.93. The maximum atomic E-state index is 12.1.